The molecule has 3 rings (SSSR count). The summed E-state index contributed by atoms with van der Waals surface area (Å²) in [6.07, 6.45) is 6.41. The first-order valence-electron chi connectivity index (χ1n) is 7.87. The monoisotopic (exact) mass is 276 g/mol. The standard InChI is InChI=1S/C17H25FN2/c1-12(16-8-3-4-9-17(16)18)19-13-10-14-6-5-7-15(11-13)20(14)2/h3-4,8-9,12-15,19H,5-7,10-11H2,1-2H3. The molecule has 2 aliphatic heterocycles. The molecule has 110 valence electrons. The number of nitrogens with zero attached hydrogens (tertiary/aromatic N) is 1. The molecule has 0 spiro atoms. The van der Waals surface area contributed by atoms with E-state index in [1.54, 1.807) is 12.1 Å². The van der Waals surface area contributed by atoms with Gasteiger partial charge in [0.25, 0.3) is 0 Å². The minimum absolute atomic E-state index is 0.0883. The number of nitrogens with one attached hydrogen (secondary N) is 1. The quantitative estimate of drug-likeness (QED) is 0.909. The third-order valence-electron chi connectivity index (χ3n) is 5.20. The van der Waals surface area contributed by atoms with Gasteiger partial charge in [-0.05, 0) is 45.7 Å². The van der Waals surface area contributed by atoms with Crippen LogP contribution in [0.2, 0.25) is 0 Å². The van der Waals surface area contributed by atoms with Crippen molar-refractivity contribution < 1.29 is 4.39 Å². The summed E-state index contributed by atoms with van der Waals surface area (Å²) in [6, 6.07) is 9.16. The van der Waals surface area contributed by atoms with Gasteiger partial charge >= 0.3 is 0 Å². The van der Waals surface area contributed by atoms with E-state index in [9.17, 15) is 4.39 Å². The zero-order valence-electron chi connectivity index (χ0n) is 12.5. The fourth-order valence-electron chi connectivity index (χ4n) is 4.02. The molecule has 1 aromatic rings. The first kappa shape index (κ1) is 14.0. The summed E-state index contributed by atoms with van der Waals surface area (Å²) in [6.45, 7) is 2.08. The van der Waals surface area contributed by atoms with Crippen LogP contribution < -0.4 is 5.32 Å². The maximum Gasteiger partial charge on any atom is 0.127 e. The van der Waals surface area contributed by atoms with Crippen LogP contribution in [0.3, 0.4) is 0 Å². The molecule has 0 saturated carbocycles. The predicted molar refractivity (Wildman–Crippen MR) is 80.2 cm³/mol. The van der Waals surface area contributed by atoms with Crippen molar-refractivity contribution in [1.82, 2.24) is 10.2 Å². The Morgan fingerprint density at radius 1 is 1.20 bits per heavy atom. The third-order valence-corrected chi connectivity index (χ3v) is 5.20. The zero-order valence-corrected chi connectivity index (χ0v) is 12.5. The number of hydrogen-bond donors (Lipinski definition) is 1. The van der Waals surface area contributed by atoms with Gasteiger partial charge in [-0.15, -0.1) is 0 Å². The smallest absolute Gasteiger partial charge is 0.127 e. The summed E-state index contributed by atoms with van der Waals surface area (Å²) in [7, 11) is 2.27. The predicted octanol–water partition coefficient (Wildman–Crippen LogP) is 3.49. The molecule has 2 nitrogen and oxygen atoms in total. The molecule has 3 heteroatoms. The van der Waals surface area contributed by atoms with Crippen LogP contribution >= 0.6 is 0 Å². The fraction of sp³-hybridized carbons (Fsp3) is 0.647. The molecule has 2 fully saturated rings. The second-order valence-corrected chi connectivity index (χ2v) is 6.48. The molecule has 0 aromatic heterocycles. The SMILES string of the molecule is CC(NC1CC2CCCC(C1)N2C)c1ccccc1F. The highest BCUT2D eigenvalue weighted by atomic mass is 19.1. The lowest BCUT2D eigenvalue weighted by atomic mass is 9.82. The molecule has 3 unspecified atom stereocenters. The minimum atomic E-state index is -0.0966. The number of hydrogen-bond acceptors (Lipinski definition) is 2. The summed E-state index contributed by atoms with van der Waals surface area (Å²) >= 11 is 0. The molecule has 0 radical (unpaired) electrons. The van der Waals surface area contributed by atoms with Crippen LogP contribution in [-0.2, 0) is 0 Å². The first-order chi connectivity index (χ1) is 9.65. The van der Waals surface area contributed by atoms with Crippen molar-refractivity contribution in [2.24, 2.45) is 0 Å². The second kappa shape index (κ2) is 5.82. The Kier molecular flexibility index (Phi) is 4.08. The van der Waals surface area contributed by atoms with Crippen LogP contribution in [0.5, 0.6) is 0 Å². The topological polar surface area (TPSA) is 15.3 Å². The number of rotatable bonds is 3. The number of fused-ring (bicyclic) bond motifs is 2. The fourth-order valence-corrected chi connectivity index (χ4v) is 4.02. The lowest BCUT2D eigenvalue weighted by Gasteiger charge is -2.47. The van der Waals surface area contributed by atoms with Gasteiger partial charge in [-0.1, -0.05) is 24.6 Å². The largest absolute Gasteiger partial charge is 0.307 e. The van der Waals surface area contributed by atoms with Crippen LogP contribution in [0, 0.1) is 5.82 Å². The zero-order chi connectivity index (χ0) is 14.1. The molecular weight excluding hydrogens is 251 g/mol. The van der Waals surface area contributed by atoms with Crippen LogP contribution in [0.1, 0.15) is 50.6 Å². The highest BCUT2D eigenvalue weighted by Crippen LogP contribution is 2.33. The van der Waals surface area contributed by atoms with E-state index in [2.05, 4.69) is 24.2 Å². The van der Waals surface area contributed by atoms with Crippen LogP contribution in [0.4, 0.5) is 4.39 Å². The number of benzene rings is 1. The highest BCUT2D eigenvalue weighted by molar-refractivity contribution is 5.20. The van der Waals surface area contributed by atoms with Crippen LogP contribution in [0.15, 0.2) is 24.3 Å². The van der Waals surface area contributed by atoms with E-state index < -0.39 is 0 Å². The maximum absolute atomic E-state index is 13.8. The van der Waals surface area contributed by atoms with Gasteiger partial charge in [0.2, 0.25) is 0 Å². The van der Waals surface area contributed by atoms with Crippen molar-refractivity contribution in [3.8, 4) is 0 Å². The summed E-state index contributed by atoms with van der Waals surface area (Å²) in [5.74, 6) is -0.0966. The van der Waals surface area contributed by atoms with Crippen LogP contribution in [0.25, 0.3) is 0 Å². The van der Waals surface area contributed by atoms with Crippen molar-refractivity contribution in [3.63, 3.8) is 0 Å². The molecule has 2 bridgehead atoms. The average Bonchev–Trinajstić information content (AvgIpc) is 2.40. The molecule has 20 heavy (non-hydrogen) atoms. The molecule has 1 N–H and O–H groups in total. The summed E-state index contributed by atoms with van der Waals surface area (Å²) in [5, 5.41) is 3.66. The number of piperidine rings is 2. The second-order valence-electron chi connectivity index (χ2n) is 6.48. The van der Waals surface area contributed by atoms with E-state index in [-0.39, 0.29) is 11.9 Å². The molecular formula is C17H25FN2. The van der Waals surface area contributed by atoms with E-state index in [0.717, 1.165) is 5.56 Å². The Hall–Kier alpha value is -0.930. The van der Waals surface area contributed by atoms with Gasteiger partial charge in [-0.2, -0.15) is 0 Å². The summed E-state index contributed by atoms with van der Waals surface area (Å²) in [5.41, 5.74) is 0.789. The Bertz CT molecular complexity index is 448. The Morgan fingerprint density at radius 2 is 1.85 bits per heavy atom. The first-order valence-corrected chi connectivity index (χ1v) is 7.87. The van der Waals surface area contributed by atoms with Crippen molar-refractivity contribution in [1.29, 1.82) is 0 Å². The summed E-state index contributed by atoms with van der Waals surface area (Å²) < 4.78 is 13.8. The van der Waals surface area contributed by atoms with E-state index >= 15 is 0 Å². The Morgan fingerprint density at radius 3 is 2.50 bits per heavy atom. The van der Waals surface area contributed by atoms with Crippen molar-refractivity contribution in [3.05, 3.63) is 35.6 Å². The van der Waals surface area contributed by atoms with Gasteiger partial charge in [0.15, 0.2) is 0 Å². The molecule has 2 saturated heterocycles. The van der Waals surface area contributed by atoms with Gasteiger partial charge < -0.3 is 10.2 Å². The maximum atomic E-state index is 13.8. The minimum Gasteiger partial charge on any atom is -0.307 e. The highest BCUT2D eigenvalue weighted by Gasteiger charge is 2.36. The van der Waals surface area contributed by atoms with Crippen LogP contribution in [-0.4, -0.2) is 30.1 Å². The molecule has 2 aliphatic rings. The lowest BCUT2D eigenvalue weighted by Crippen LogP contribution is -2.54. The van der Waals surface area contributed by atoms with Gasteiger partial charge in [-0.25, -0.2) is 4.39 Å². The summed E-state index contributed by atoms with van der Waals surface area (Å²) in [4.78, 5) is 2.56. The average molecular weight is 276 g/mol. The van der Waals surface area contributed by atoms with Crippen molar-refractivity contribution in [2.75, 3.05) is 7.05 Å². The van der Waals surface area contributed by atoms with Gasteiger partial charge in [-0.3, -0.25) is 0 Å². The van der Waals surface area contributed by atoms with Crippen molar-refractivity contribution >= 4 is 0 Å². The Balaban J connectivity index is 1.65. The molecule has 0 aliphatic carbocycles. The van der Waals surface area contributed by atoms with Crippen molar-refractivity contribution in [2.45, 2.75) is 63.2 Å². The molecule has 2 heterocycles. The van der Waals surface area contributed by atoms with E-state index in [4.69, 9.17) is 0 Å². The third kappa shape index (κ3) is 2.75. The molecule has 0 amide bonds. The van der Waals surface area contributed by atoms with E-state index in [1.165, 1.54) is 32.1 Å². The van der Waals surface area contributed by atoms with E-state index in [1.807, 2.05) is 12.1 Å². The van der Waals surface area contributed by atoms with E-state index in [0.29, 0.717) is 18.1 Å². The van der Waals surface area contributed by atoms with Gasteiger partial charge in [0.05, 0.1) is 0 Å². The van der Waals surface area contributed by atoms with Gasteiger partial charge in [0.1, 0.15) is 5.82 Å². The number of halogens is 1. The van der Waals surface area contributed by atoms with Gasteiger partial charge in [0, 0.05) is 29.7 Å². The normalized spacial score (nSPS) is 32.0. The molecule has 1 aromatic carbocycles. The molecule has 3 atom stereocenters. The Labute approximate surface area is 121 Å². The lowest BCUT2D eigenvalue weighted by molar-refractivity contribution is 0.0462.